The first-order valence-corrected chi connectivity index (χ1v) is 7.12. The van der Waals surface area contributed by atoms with Crippen LogP contribution in [0.1, 0.15) is 32.8 Å². The van der Waals surface area contributed by atoms with Crippen molar-refractivity contribution in [1.82, 2.24) is 0 Å². The summed E-state index contributed by atoms with van der Waals surface area (Å²) in [6, 6.07) is 9.68. The summed E-state index contributed by atoms with van der Waals surface area (Å²) in [5.41, 5.74) is 2.24. The number of rotatable bonds is 7. The second-order valence-corrected chi connectivity index (χ2v) is 5.06. The highest BCUT2D eigenvalue weighted by atomic mass is 16.5. The van der Waals surface area contributed by atoms with E-state index in [2.05, 4.69) is 26.0 Å². The van der Waals surface area contributed by atoms with Gasteiger partial charge in [-0.1, -0.05) is 61.1 Å². The van der Waals surface area contributed by atoms with E-state index in [-0.39, 0.29) is 5.97 Å². The fourth-order valence-electron chi connectivity index (χ4n) is 2.02. The quantitative estimate of drug-likeness (QED) is 0.546. The second-order valence-electron chi connectivity index (χ2n) is 5.06. The fraction of sp³-hybridized carbons (Fsp3) is 0.389. The maximum absolute atomic E-state index is 11.7. The standard InChI is InChI=1S/C18H24O2/c1-4-8-15(2)13-16(3)11-12-20-18(19)14-17-9-6-5-7-10-17/h4-10,13,16H,11-12,14H2,1-3H3/b8-4+,15-13+. The van der Waals surface area contributed by atoms with Crippen LogP contribution >= 0.6 is 0 Å². The fourth-order valence-corrected chi connectivity index (χ4v) is 2.02. The Labute approximate surface area is 122 Å². The lowest BCUT2D eigenvalue weighted by atomic mass is 10.1. The molecule has 0 amide bonds. The van der Waals surface area contributed by atoms with Crippen LogP contribution in [0.2, 0.25) is 0 Å². The van der Waals surface area contributed by atoms with Crippen molar-refractivity contribution >= 4 is 5.97 Å². The van der Waals surface area contributed by atoms with Crippen molar-refractivity contribution in [3.05, 3.63) is 59.7 Å². The molecular formula is C18H24O2. The molecule has 0 N–H and O–H groups in total. The summed E-state index contributed by atoms with van der Waals surface area (Å²) in [6.45, 7) is 6.70. The molecule has 1 aromatic carbocycles. The lowest BCUT2D eigenvalue weighted by Crippen LogP contribution is -2.10. The Kier molecular flexibility index (Phi) is 7.41. The van der Waals surface area contributed by atoms with Crippen LogP contribution in [0.3, 0.4) is 0 Å². The van der Waals surface area contributed by atoms with Crippen LogP contribution in [0, 0.1) is 5.92 Å². The van der Waals surface area contributed by atoms with Gasteiger partial charge >= 0.3 is 5.97 Å². The molecule has 0 aliphatic heterocycles. The molecule has 0 aromatic heterocycles. The van der Waals surface area contributed by atoms with E-state index in [0.717, 1.165) is 12.0 Å². The molecular weight excluding hydrogens is 248 g/mol. The molecule has 2 heteroatoms. The van der Waals surface area contributed by atoms with Crippen molar-refractivity contribution in [2.24, 2.45) is 5.92 Å². The van der Waals surface area contributed by atoms with Crippen LogP contribution < -0.4 is 0 Å². The molecule has 0 fully saturated rings. The molecule has 0 heterocycles. The summed E-state index contributed by atoms with van der Waals surface area (Å²) in [5, 5.41) is 0. The highest BCUT2D eigenvalue weighted by Gasteiger charge is 2.05. The Morgan fingerprint density at radius 3 is 2.65 bits per heavy atom. The highest BCUT2D eigenvalue weighted by molar-refractivity contribution is 5.72. The molecule has 0 saturated heterocycles. The molecule has 2 nitrogen and oxygen atoms in total. The van der Waals surface area contributed by atoms with E-state index in [4.69, 9.17) is 4.74 Å². The Morgan fingerprint density at radius 2 is 2.00 bits per heavy atom. The predicted molar refractivity (Wildman–Crippen MR) is 83.5 cm³/mol. The van der Waals surface area contributed by atoms with Gasteiger partial charge in [0.1, 0.15) is 0 Å². The predicted octanol–water partition coefficient (Wildman–Crippen LogP) is 4.32. The molecule has 1 rings (SSSR count). The minimum atomic E-state index is -0.155. The summed E-state index contributed by atoms with van der Waals surface area (Å²) >= 11 is 0. The zero-order chi connectivity index (χ0) is 14.8. The number of carbonyl (C=O) groups is 1. The Hall–Kier alpha value is -1.83. The molecule has 1 atom stereocenters. The van der Waals surface area contributed by atoms with Crippen LogP contribution in [0.4, 0.5) is 0 Å². The van der Waals surface area contributed by atoms with Crippen LogP contribution in [0.5, 0.6) is 0 Å². The monoisotopic (exact) mass is 272 g/mol. The maximum atomic E-state index is 11.7. The summed E-state index contributed by atoms with van der Waals surface area (Å²) in [4.78, 5) is 11.7. The minimum absolute atomic E-state index is 0.155. The number of hydrogen-bond acceptors (Lipinski definition) is 2. The summed E-state index contributed by atoms with van der Waals surface area (Å²) in [5.74, 6) is 0.258. The van der Waals surface area contributed by atoms with Crippen molar-refractivity contribution < 1.29 is 9.53 Å². The van der Waals surface area contributed by atoms with Gasteiger partial charge in [-0.2, -0.15) is 0 Å². The summed E-state index contributed by atoms with van der Waals surface area (Å²) in [7, 11) is 0. The van der Waals surface area contributed by atoms with Gasteiger partial charge in [0.05, 0.1) is 13.0 Å². The van der Waals surface area contributed by atoms with Gasteiger partial charge in [-0.3, -0.25) is 4.79 Å². The van der Waals surface area contributed by atoms with E-state index in [0.29, 0.717) is 18.9 Å². The van der Waals surface area contributed by atoms with Crippen LogP contribution in [0.25, 0.3) is 0 Å². The SMILES string of the molecule is C/C=C/C(C)=C/C(C)CCOC(=O)Cc1ccccc1. The van der Waals surface area contributed by atoms with Crippen LogP contribution in [-0.4, -0.2) is 12.6 Å². The molecule has 0 saturated carbocycles. The van der Waals surface area contributed by atoms with Gasteiger partial charge in [0, 0.05) is 0 Å². The Balaban J connectivity index is 2.27. The molecule has 20 heavy (non-hydrogen) atoms. The van der Waals surface area contributed by atoms with Gasteiger partial charge in [0.25, 0.3) is 0 Å². The van der Waals surface area contributed by atoms with Crippen molar-refractivity contribution in [3.8, 4) is 0 Å². The molecule has 0 radical (unpaired) electrons. The topological polar surface area (TPSA) is 26.3 Å². The van der Waals surface area contributed by atoms with Gasteiger partial charge in [0.2, 0.25) is 0 Å². The number of hydrogen-bond donors (Lipinski definition) is 0. The lowest BCUT2D eigenvalue weighted by molar-refractivity contribution is -0.143. The third-order valence-corrected chi connectivity index (χ3v) is 3.00. The molecule has 1 unspecified atom stereocenters. The zero-order valence-corrected chi connectivity index (χ0v) is 12.6. The molecule has 1 aromatic rings. The normalized spacial score (nSPS) is 13.4. The largest absolute Gasteiger partial charge is 0.465 e. The molecule has 0 aliphatic carbocycles. The first-order chi connectivity index (χ1) is 9.61. The lowest BCUT2D eigenvalue weighted by Gasteiger charge is -2.08. The average Bonchev–Trinajstić information content (AvgIpc) is 2.39. The maximum Gasteiger partial charge on any atom is 0.310 e. The zero-order valence-electron chi connectivity index (χ0n) is 12.6. The molecule has 0 aliphatic rings. The third kappa shape index (κ3) is 6.93. The van der Waals surface area contributed by atoms with E-state index in [1.54, 1.807) is 0 Å². The van der Waals surface area contributed by atoms with Gasteiger partial charge in [-0.05, 0) is 31.7 Å². The average molecular weight is 272 g/mol. The van der Waals surface area contributed by atoms with Crippen molar-refractivity contribution in [3.63, 3.8) is 0 Å². The summed E-state index contributed by atoms with van der Waals surface area (Å²) < 4.78 is 5.27. The smallest absolute Gasteiger partial charge is 0.310 e. The van der Waals surface area contributed by atoms with Gasteiger partial charge in [-0.25, -0.2) is 0 Å². The van der Waals surface area contributed by atoms with E-state index in [1.807, 2.05) is 43.3 Å². The molecule has 0 spiro atoms. The number of ether oxygens (including phenoxy) is 1. The van der Waals surface area contributed by atoms with Gasteiger partial charge in [0.15, 0.2) is 0 Å². The first-order valence-electron chi connectivity index (χ1n) is 7.12. The van der Waals surface area contributed by atoms with Gasteiger partial charge < -0.3 is 4.74 Å². The third-order valence-electron chi connectivity index (χ3n) is 3.00. The van der Waals surface area contributed by atoms with Crippen molar-refractivity contribution in [2.75, 3.05) is 6.61 Å². The highest BCUT2D eigenvalue weighted by Crippen LogP contribution is 2.09. The van der Waals surface area contributed by atoms with Gasteiger partial charge in [-0.15, -0.1) is 0 Å². The second kappa shape index (κ2) is 9.13. The number of esters is 1. The van der Waals surface area contributed by atoms with Crippen LogP contribution in [-0.2, 0) is 16.0 Å². The van der Waals surface area contributed by atoms with E-state index in [9.17, 15) is 4.79 Å². The number of benzene rings is 1. The number of allylic oxidation sites excluding steroid dienone is 4. The summed E-state index contributed by atoms with van der Waals surface area (Å²) in [6.07, 6.45) is 7.51. The molecule has 108 valence electrons. The van der Waals surface area contributed by atoms with E-state index < -0.39 is 0 Å². The number of carbonyl (C=O) groups excluding carboxylic acids is 1. The molecule has 0 bridgehead atoms. The van der Waals surface area contributed by atoms with Crippen molar-refractivity contribution in [1.29, 1.82) is 0 Å². The van der Waals surface area contributed by atoms with E-state index >= 15 is 0 Å². The minimum Gasteiger partial charge on any atom is -0.465 e. The van der Waals surface area contributed by atoms with Crippen molar-refractivity contribution in [2.45, 2.75) is 33.6 Å². The Bertz CT molecular complexity index is 458. The van der Waals surface area contributed by atoms with E-state index in [1.165, 1.54) is 5.57 Å². The first kappa shape index (κ1) is 16.2. The Morgan fingerprint density at radius 1 is 1.30 bits per heavy atom. The van der Waals surface area contributed by atoms with Crippen LogP contribution in [0.15, 0.2) is 54.1 Å².